The van der Waals surface area contributed by atoms with Crippen LogP contribution in [0.25, 0.3) is 0 Å². The van der Waals surface area contributed by atoms with Crippen molar-refractivity contribution in [3.63, 3.8) is 0 Å². The maximum absolute atomic E-state index is 10.2. The first-order valence-corrected chi connectivity index (χ1v) is 8.63. The maximum atomic E-state index is 10.2. The Kier molecular flexibility index (Phi) is 6.10. The van der Waals surface area contributed by atoms with E-state index in [9.17, 15) is 5.11 Å². The first-order valence-electron chi connectivity index (χ1n) is 8.63. The molecule has 3 rings (SSSR count). The Labute approximate surface area is 143 Å². The molecule has 2 aromatic rings. The van der Waals surface area contributed by atoms with Crippen LogP contribution in [0.15, 0.2) is 48.5 Å². The maximum Gasteiger partial charge on any atom is 0.165 e. The largest absolute Gasteiger partial charge is 0.490 e. The topological polar surface area (TPSA) is 50.7 Å². The zero-order valence-corrected chi connectivity index (χ0v) is 13.9. The molecule has 24 heavy (non-hydrogen) atoms. The van der Waals surface area contributed by atoms with E-state index in [0.29, 0.717) is 26.3 Å². The van der Waals surface area contributed by atoms with Gasteiger partial charge in [-0.1, -0.05) is 42.5 Å². The number of aliphatic hydroxyl groups is 1. The summed E-state index contributed by atoms with van der Waals surface area (Å²) in [5.41, 5.74) is 2.33. The van der Waals surface area contributed by atoms with Crippen molar-refractivity contribution in [2.45, 2.75) is 31.9 Å². The van der Waals surface area contributed by atoms with E-state index in [2.05, 4.69) is 17.4 Å². The number of fused-ring (bicyclic) bond motifs is 1. The van der Waals surface area contributed by atoms with Crippen LogP contribution in [0.3, 0.4) is 0 Å². The molecule has 4 nitrogen and oxygen atoms in total. The quantitative estimate of drug-likeness (QED) is 0.821. The molecule has 0 saturated heterocycles. The fourth-order valence-electron chi connectivity index (χ4n) is 2.85. The molecule has 4 heteroatoms. The summed E-state index contributed by atoms with van der Waals surface area (Å²) in [5.74, 6) is 1.65. The molecule has 2 aromatic carbocycles. The Bertz CT molecular complexity index is 630. The van der Waals surface area contributed by atoms with Crippen molar-refractivity contribution in [3.8, 4) is 11.5 Å². The fourth-order valence-corrected chi connectivity index (χ4v) is 2.85. The van der Waals surface area contributed by atoms with Crippen LogP contribution < -0.4 is 14.8 Å². The molecule has 0 bridgehead atoms. The zero-order chi connectivity index (χ0) is 16.6. The molecule has 1 aliphatic heterocycles. The Morgan fingerprint density at radius 1 is 1.00 bits per heavy atom. The Morgan fingerprint density at radius 3 is 2.71 bits per heavy atom. The van der Waals surface area contributed by atoms with Gasteiger partial charge in [0, 0.05) is 25.1 Å². The first-order chi connectivity index (χ1) is 11.8. The summed E-state index contributed by atoms with van der Waals surface area (Å²) >= 11 is 0. The average molecular weight is 327 g/mol. The van der Waals surface area contributed by atoms with Gasteiger partial charge in [-0.25, -0.2) is 0 Å². The van der Waals surface area contributed by atoms with Gasteiger partial charge in [-0.05, 0) is 24.5 Å². The van der Waals surface area contributed by atoms with E-state index in [1.54, 1.807) is 0 Å². The van der Waals surface area contributed by atoms with E-state index < -0.39 is 0 Å². The van der Waals surface area contributed by atoms with E-state index in [1.807, 2.05) is 36.4 Å². The molecular weight excluding hydrogens is 302 g/mol. The van der Waals surface area contributed by atoms with Crippen molar-refractivity contribution >= 4 is 0 Å². The van der Waals surface area contributed by atoms with Crippen molar-refractivity contribution in [1.82, 2.24) is 5.32 Å². The lowest BCUT2D eigenvalue weighted by Gasteiger charge is -2.15. The van der Waals surface area contributed by atoms with Gasteiger partial charge in [0.1, 0.15) is 0 Å². The molecule has 0 amide bonds. The summed E-state index contributed by atoms with van der Waals surface area (Å²) in [6.45, 7) is 2.61. The summed E-state index contributed by atoms with van der Waals surface area (Å²) in [7, 11) is 0. The zero-order valence-electron chi connectivity index (χ0n) is 13.9. The minimum Gasteiger partial charge on any atom is -0.490 e. The van der Waals surface area contributed by atoms with Gasteiger partial charge in [0.2, 0.25) is 0 Å². The predicted molar refractivity (Wildman–Crippen MR) is 94.5 cm³/mol. The van der Waals surface area contributed by atoms with Crippen LogP contribution in [-0.4, -0.2) is 31.0 Å². The van der Waals surface area contributed by atoms with Crippen LogP contribution >= 0.6 is 0 Å². The average Bonchev–Trinajstić information content (AvgIpc) is 2.87. The van der Waals surface area contributed by atoms with E-state index in [1.165, 1.54) is 5.56 Å². The fraction of sp³-hybridized carbons (Fsp3) is 0.400. The summed E-state index contributed by atoms with van der Waals surface area (Å²) < 4.78 is 11.5. The van der Waals surface area contributed by atoms with Crippen LogP contribution in [-0.2, 0) is 13.0 Å². The van der Waals surface area contributed by atoms with Gasteiger partial charge in [-0.3, -0.25) is 0 Å². The molecule has 1 unspecified atom stereocenters. The number of benzene rings is 2. The molecule has 128 valence electrons. The number of ether oxygens (including phenoxy) is 2. The third-order valence-corrected chi connectivity index (χ3v) is 4.16. The van der Waals surface area contributed by atoms with Gasteiger partial charge < -0.3 is 19.9 Å². The molecular formula is C20H25NO3. The summed E-state index contributed by atoms with van der Waals surface area (Å²) in [4.78, 5) is 0. The lowest BCUT2D eigenvalue weighted by molar-refractivity contribution is 0.161. The van der Waals surface area contributed by atoms with E-state index in [4.69, 9.17) is 9.47 Å². The molecule has 0 fully saturated rings. The number of rotatable bonds is 7. The molecule has 0 aromatic heterocycles. The highest BCUT2D eigenvalue weighted by molar-refractivity contribution is 5.47. The van der Waals surface area contributed by atoms with Gasteiger partial charge in [0.15, 0.2) is 11.5 Å². The Hall–Kier alpha value is -2.04. The van der Waals surface area contributed by atoms with Crippen molar-refractivity contribution in [2.75, 3.05) is 19.8 Å². The van der Waals surface area contributed by atoms with Crippen LogP contribution in [0.4, 0.5) is 0 Å². The third kappa shape index (κ3) is 4.73. The molecule has 1 heterocycles. The van der Waals surface area contributed by atoms with Crippen molar-refractivity contribution in [2.24, 2.45) is 0 Å². The third-order valence-electron chi connectivity index (χ3n) is 4.16. The molecule has 0 aliphatic carbocycles. The second kappa shape index (κ2) is 8.71. The van der Waals surface area contributed by atoms with Crippen LogP contribution in [0, 0.1) is 0 Å². The van der Waals surface area contributed by atoms with E-state index in [0.717, 1.165) is 36.3 Å². The minimum atomic E-state index is -0.357. The van der Waals surface area contributed by atoms with Gasteiger partial charge in [0.25, 0.3) is 0 Å². The van der Waals surface area contributed by atoms with Gasteiger partial charge in [-0.15, -0.1) is 0 Å². The van der Waals surface area contributed by atoms with Crippen molar-refractivity contribution in [3.05, 3.63) is 59.7 Å². The Balaban J connectivity index is 1.46. The molecule has 0 spiro atoms. The number of hydrogen-bond donors (Lipinski definition) is 2. The van der Waals surface area contributed by atoms with Gasteiger partial charge >= 0.3 is 0 Å². The van der Waals surface area contributed by atoms with Crippen molar-refractivity contribution < 1.29 is 14.6 Å². The summed E-state index contributed by atoms with van der Waals surface area (Å²) in [6.07, 6.45) is 2.19. The standard InChI is InChI=1S/C20H25NO3/c22-18(11-10-16-6-2-1-3-7-16)15-21-14-17-8-4-9-19-20(17)24-13-5-12-23-19/h1-4,6-9,18,21-22H,5,10-15H2. The lowest BCUT2D eigenvalue weighted by atomic mass is 10.1. The number of para-hydroxylation sites is 1. The second-order valence-electron chi connectivity index (χ2n) is 6.10. The second-order valence-corrected chi connectivity index (χ2v) is 6.10. The predicted octanol–water partition coefficient (Wildman–Crippen LogP) is 2.93. The van der Waals surface area contributed by atoms with E-state index in [-0.39, 0.29) is 6.10 Å². The smallest absolute Gasteiger partial charge is 0.165 e. The monoisotopic (exact) mass is 327 g/mol. The number of aliphatic hydroxyl groups excluding tert-OH is 1. The number of nitrogens with one attached hydrogen (secondary N) is 1. The summed E-state index contributed by atoms with van der Waals surface area (Å²) in [5, 5.41) is 13.5. The lowest BCUT2D eigenvalue weighted by Crippen LogP contribution is -2.27. The van der Waals surface area contributed by atoms with E-state index >= 15 is 0 Å². The highest BCUT2D eigenvalue weighted by Crippen LogP contribution is 2.33. The number of hydrogen-bond acceptors (Lipinski definition) is 4. The normalized spacial score (nSPS) is 14.9. The van der Waals surface area contributed by atoms with Crippen LogP contribution in [0.2, 0.25) is 0 Å². The Morgan fingerprint density at radius 2 is 1.83 bits per heavy atom. The molecule has 0 radical (unpaired) electrons. The molecule has 1 aliphatic rings. The molecule has 2 N–H and O–H groups in total. The highest BCUT2D eigenvalue weighted by Gasteiger charge is 2.14. The SMILES string of the molecule is OC(CCc1ccccc1)CNCc1cccc2c1OCCCO2. The summed E-state index contributed by atoms with van der Waals surface area (Å²) in [6, 6.07) is 16.2. The van der Waals surface area contributed by atoms with Gasteiger partial charge in [-0.2, -0.15) is 0 Å². The first kappa shape index (κ1) is 16.8. The van der Waals surface area contributed by atoms with Crippen LogP contribution in [0.5, 0.6) is 11.5 Å². The van der Waals surface area contributed by atoms with Crippen LogP contribution in [0.1, 0.15) is 24.0 Å². The van der Waals surface area contributed by atoms with Crippen molar-refractivity contribution in [1.29, 1.82) is 0 Å². The molecule has 1 atom stereocenters. The molecule has 0 saturated carbocycles. The number of aryl methyl sites for hydroxylation is 1. The minimum absolute atomic E-state index is 0.357. The highest BCUT2D eigenvalue weighted by atomic mass is 16.5. The van der Waals surface area contributed by atoms with Gasteiger partial charge in [0.05, 0.1) is 19.3 Å².